The molecular weight excluding hydrogens is 410 g/mol. The van der Waals surface area contributed by atoms with Gasteiger partial charge in [0.25, 0.3) is 11.8 Å². The van der Waals surface area contributed by atoms with E-state index < -0.39 is 0 Å². The van der Waals surface area contributed by atoms with E-state index in [4.69, 9.17) is 9.47 Å². The summed E-state index contributed by atoms with van der Waals surface area (Å²) in [6, 6.07) is 5.17. The van der Waals surface area contributed by atoms with E-state index in [0.717, 1.165) is 58.0 Å². The van der Waals surface area contributed by atoms with Gasteiger partial charge >= 0.3 is 0 Å². The number of carbonyl (C=O) groups is 3. The van der Waals surface area contributed by atoms with Crippen LogP contribution in [-0.4, -0.2) is 61.5 Å². The number of hydrogen-bond acceptors (Lipinski definition) is 5. The van der Waals surface area contributed by atoms with E-state index in [2.05, 4.69) is 10.6 Å². The zero-order valence-corrected chi connectivity index (χ0v) is 19.0. The van der Waals surface area contributed by atoms with Gasteiger partial charge in [0.1, 0.15) is 0 Å². The van der Waals surface area contributed by atoms with Gasteiger partial charge in [-0.2, -0.15) is 0 Å². The van der Waals surface area contributed by atoms with Gasteiger partial charge in [-0.25, -0.2) is 0 Å². The van der Waals surface area contributed by atoms with Crippen LogP contribution in [0, 0.1) is 0 Å². The Labute approximate surface area is 190 Å². The van der Waals surface area contributed by atoms with Crippen molar-refractivity contribution in [3.63, 3.8) is 0 Å². The molecule has 176 valence electrons. The Morgan fingerprint density at radius 2 is 1.75 bits per heavy atom. The molecule has 0 unspecified atom stereocenters. The van der Waals surface area contributed by atoms with Crippen molar-refractivity contribution in [3.05, 3.63) is 23.8 Å². The lowest BCUT2D eigenvalue weighted by Crippen LogP contribution is -2.38. The molecule has 2 fully saturated rings. The molecule has 3 amide bonds. The molecule has 0 bridgehead atoms. The van der Waals surface area contributed by atoms with E-state index in [9.17, 15) is 14.4 Å². The maximum absolute atomic E-state index is 12.5. The first-order valence-electron chi connectivity index (χ1n) is 11.8. The van der Waals surface area contributed by atoms with Crippen molar-refractivity contribution in [2.75, 3.05) is 32.8 Å². The predicted octanol–water partition coefficient (Wildman–Crippen LogP) is 2.66. The Hall–Kier alpha value is -2.77. The molecule has 1 aliphatic heterocycles. The van der Waals surface area contributed by atoms with Gasteiger partial charge in [-0.15, -0.1) is 0 Å². The lowest BCUT2D eigenvalue weighted by atomic mass is 10.1. The zero-order valence-electron chi connectivity index (χ0n) is 19.0. The Bertz CT molecular complexity index is 786. The second-order valence-corrected chi connectivity index (χ2v) is 8.38. The molecule has 0 spiro atoms. The van der Waals surface area contributed by atoms with Crippen molar-refractivity contribution >= 4 is 17.7 Å². The molecular formula is C24H35N3O5. The lowest BCUT2D eigenvalue weighted by molar-refractivity contribution is -0.134. The highest BCUT2D eigenvalue weighted by Crippen LogP contribution is 2.28. The first-order chi connectivity index (χ1) is 15.6. The molecule has 1 aliphatic carbocycles. The molecule has 0 aromatic heterocycles. The number of nitrogens with zero attached hydrogens (tertiary/aromatic N) is 1. The number of nitrogens with one attached hydrogen (secondary N) is 2. The number of carbonyl (C=O) groups excluding carboxylic acids is 3. The molecule has 0 radical (unpaired) electrons. The zero-order chi connectivity index (χ0) is 22.8. The quantitative estimate of drug-likeness (QED) is 0.577. The summed E-state index contributed by atoms with van der Waals surface area (Å²) in [7, 11) is 0. The summed E-state index contributed by atoms with van der Waals surface area (Å²) in [5.74, 6) is 0.505. The SMILES string of the molecule is CCOc1cc(C(=O)NCCC(=O)NC2CCCC2)ccc1OCC(=O)N1CCCCC1. The van der Waals surface area contributed by atoms with Crippen molar-refractivity contribution in [1.82, 2.24) is 15.5 Å². The maximum Gasteiger partial charge on any atom is 0.260 e. The Kier molecular flexibility index (Phi) is 9.19. The number of ether oxygens (including phenoxy) is 2. The topological polar surface area (TPSA) is 97.0 Å². The van der Waals surface area contributed by atoms with E-state index >= 15 is 0 Å². The van der Waals surface area contributed by atoms with E-state index in [1.807, 2.05) is 11.8 Å². The second kappa shape index (κ2) is 12.3. The molecule has 8 nitrogen and oxygen atoms in total. The van der Waals surface area contributed by atoms with Gasteiger partial charge < -0.3 is 25.0 Å². The Morgan fingerprint density at radius 3 is 2.47 bits per heavy atom. The average Bonchev–Trinajstić information content (AvgIpc) is 3.31. The highest BCUT2D eigenvalue weighted by atomic mass is 16.5. The van der Waals surface area contributed by atoms with Crippen molar-refractivity contribution in [2.45, 2.75) is 64.3 Å². The molecule has 1 saturated carbocycles. The standard InChI is InChI=1S/C24H35N3O5/c1-2-31-21-16-18(24(30)25-13-12-22(28)26-19-8-4-5-9-19)10-11-20(21)32-17-23(29)27-14-6-3-7-15-27/h10-11,16,19H,2-9,12-15,17H2,1H3,(H,25,30)(H,26,28). The fourth-order valence-corrected chi connectivity index (χ4v) is 4.17. The lowest BCUT2D eigenvalue weighted by Gasteiger charge is -2.26. The van der Waals surface area contributed by atoms with Crippen LogP contribution < -0.4 is 20.1 Å². The number of amides is 3. The Morgan fingerprint density at radius 1 is 1.00 bits per heavy atom. The van der Waals surface area contributed by atoms with Gasteiger partial charge in [-0.05, 0) is 57.2 Å². The molecule has 2 aliphatic rings. The summed E-state index contributed by atoms with van der Waals surface area (Å²) >= 11 is 0. The summed E-state index contributed by atoms with van der Waals surface area (Å²) in [5.41, 5.74) is 0.416. The van der Waals surface area contributed by atoms with Crippen LogP contribution in [0.2, 0.25) is 0 Å². The minimum Gasteiger partial charge on any atom is -0.490 e. The molecule has 2 N–H and O–H groups in total. The Balaban J connectivity index is 1.49. The fourth-order valence-electron chi connectivity index (χ4n) is 4.17. The first kappa shape index (κ1) is 23.9. The van der Waals surface area contributed by atoms with Crippen LogP contribution in [0.4, 0.5) is 0 Å². The minimum absolute atomic E-state index is 0.0330. The van der Waals surface area contributed by atoms with Crippen LogP contribution in [0.5, 0.6) is 11.5 Å². The van der Waals surface area contributed by atoms with Crippen LogP contribution in [-0.2, 0) is 9.59 Å². The molecule has 32 heavy (non-hydrogen) atoms. The van der Waals surface area contributed by atoms with E-state index in [0.29, 0.717) is 23.7 Å². The minimum atomic E-state index is -0.282. The summed E-state index contributed by atoms with van der Waals surface area (Å²) in [6.45, 7) is 4.02. The van der Waals surface area contributed by atoms with E-state index in [1.165, 1.54) is 0 Å². The summed E-state index contributed by atoms with van der Waals surface area (Å²) in [6.07, 6.45) is 7.87. The third-order valence-electron chi connectivity index (χ3n) is 5.92. The van der Waals surface area contributed by atoms with Gasteiger partial charge in [0.05, 0.1) is 6.61 Å². The second-order valence-electron chi connectivity index (χ2n) is 8.38. The highest BCUT2D eigenvalue weighted by molar-refractivity contribution is 5.95. The van der Waals surface area contributed by atoms with E-state index in [1.54, 1.807) is 18.2 Å². The largest absolute Gasteiger partial charge is 0.490 e. The summed E-state index contributed by atoms with van der Waals surface area (Å²) in [5, 5.41) is 5.79. The third-order valence-corrected chi connectivity index (χ3v) is 5.92. The molecule has 1 saturated heterocycles. The van der Waals surface area contributed by atoms with Gasteiger partial charge in [-0.1, -0.05) is 12.8 Å². The molecule has 3 rings (SSSR count). The fraction of sp³-hybridized carbons (Fsp3) is 0.625. The van der Waals surface area contributed by atoms with E-state index in [-0.39, 0.29) is 43.3 Å². The predicted molar refractivity (Wildman–Crippen MR) is 121 cm³/mol. The molecule has 1 heterocycles. The highest BCUT2D eigenvalue weighted by Gasteiger charge is 2.19. The van der Waals surface area contributed by atoms with Crippen molar-refractivity contribution < 1.29 is 23.9 Å². The van der Waals surface area contributed by atoms with Crippen LogP contribution in [0.15, 0.2) is 18.2 Å². The molecule has 8 heteroatoms. The van der Waals surface area contributed by atoms with Crippen molar-refractivity contribution in [2.24, 2.45) is 0 Å². The monoisotopic (exact) mass is 445 g/mol. The normalized spacial score (nSPS) is 16.5. The number of piperidine rings is 1. The maximum atomic E-state index is 12.5. The number of benzene rings is 1. The van der Waals surface area contributed by atoms with Crippen LogP contribution >= 0.6 is 0 Å². The number of hydrogen-bond donors (Lipinski definition) is 2. The van der Waals surface area contributed by atoms with Gasteiger partial charge in [0, 0.05) is 37.7 Å². The number of likely N-dealkylation sites (tertiary alicyclic amines) is 1. The third kappa shape index (κ3) is 7.14. The van der Waals surface area contributed by atoms with Gasteiger partial charge in [0.15, 0.2) is 18.1 Å². The van der Waals surface area contributed by atoms with Crippen molar-refractivity contribution in [1.29, 1.82) is 0 Å². The van der Waals surface area contributed by atoms with Crippen LogP contribution in [0.1, 0.15) is 68.6 Å². The summed E-state index contributed by atoms with van der Waals surface area (Å²) < 4.78 is 11.3. The van der Waals surface area contributed by atoms with Crippen molar-refractivity contribution in [3.8, 4) is 11.5 Å². The van der Waals surface area contributed by atoms with Gasteiger partial charge in [0.2, 0.25) is 5.91 Å². The first-order valence-corrected chi connectivity index (χ1v) is 11.8. The summed E-state index contributed by atoms with van der Waals surface area (Å²) in [4.78, 5) is 38.7. The van der Waals surface area contributed by atoms with Crippen LogP contribution in [0.3, 0.4) is 0 Å². The molecule has 1 aromatic rings. The molecule has 0 atom stereocenters. The average molecular weight is 446 g/mol. The molecule has 1 aromatic carbocycles. The number of rotatable bonds is 10. The smallest absolute Gasteiger partial charge is 0.260 e. The van der Waals surface area contributed by atoms with Crippen LogP contribution in [0.25, 0.3) is 0 Å². The van der Waals surface area contributed by atoms with Gasteiger partial charge in [-0.3, -0.25) is 14.4 Å².